The van der Waals surface area contributed by atoms with E-state index in [2.05, 4.69) is 6.58 Å². The third kappa shape index (κ3) is 7.10. The van der Waals surface area contributed by atoms with Crippen LogP contribution in [0.4, 0.5) is 0 Å². The minimum Gasteiger partial charge on any atom is -0.337 e. The summed E-state index contributed by atoms with van der Waals surface area (Å²) in [5.41, 5.74) is 1.86. The van der Waals surface area contributed by atoms with Gasteiger partial charge < -0.3 is 4.90 Å². The monoisotopic (exact) mass is 253 g/mol. The molecule has 1 aliphatic rings. The molecule has 0 aromatic rings. The maximum atomic E-state index is 11.4. The Balaban J connectivity index is -0.000000328. The average Bonchev–Trinajstić information content (AvgIpc) is 2.72. The highest BCUT2D eigenvalue weighted by molar-refractivity contribution is 6.01. The molecule has 1 amide bonds. The van der Waals surface area contributed by atoms with Gasteiger partial charge in [0.2, 0.25) is 0 Å². The quantitative estimate of drug-likeness (QED) is 0.626. The number of hydrogen-bond donors (Lipinski definition) is 0. The maximum absolute atomic E-state index is 11.4. The van der Waals surface area contributed by atoms with E-state index in [1.807, 2.05) is 60.6 Å². The summed E-state index contributed by atoms with van der Waals surface area (Å²) in [5, 5.41) is 0. The Morgan fingerprint density at radius 3 is 1.89 bits per heavy atom. The summed E-state index contributed by atoms with van der Waals surface area (Å²) in [7, 11) is 1.80. The van der Waals surface area contributed by atoms with Gasteiger partial charge in [-0.25, -0.2) is 0 Å². The molecule has 1 aliphatic heterocycles. The van der Waals surface area contributed by atoms with Crippen molar-refractivity contribution in [2.45, 2.75) is 48.5 Å². The van der Waals surface area contributed by atoms with Crippen molar-refractivity contribution in [3.63, 3.8) is 0 Å². The molecule has 0 spiro atoms. The molecule has 0 aromatic heterocycles. The van der Waals surface area contributed by atoms with Gasteiger partial charge in [0.05, 0.1) is 0 Å². The van der Waals surface area contributed by atoms with E-state index in [1.54, 1.807) is 18.0 Å². The van der Waals surface area contributed by atoms with E-state index < -0.39 is 0 Å². The molecule has 1 saturated heterocycles. The number of carbonyl (C=O) groups excluding carboxylic acids is 1. The van der Waals surface area contributed by atoms with E-state index in [9.17, 15) is 4.79 Å². The molecule has 1 heterocycles. The molecule has 2 heteroatoms. The van der Waals surface area contributed by atoms with Crippen LogP contribution in [0.2, 0.25) is 0 Å². The zero-order chi connectivity index (χ0) is 15.1. The lowest BCUT2D eigenvalue weighted by Crippen LogP contribution is -2.18. The lowest BCUT2D eigenvalue weighted by molar-refractivity contribution is -0.123. The molecule has 2 nitrogen and oxygen atoms in total. The summed E-state index contributed by atoms with van der Waals surface area (Å²) in [4.78, 5) is 13.1. The zero-order valence-electron chi connectivity index (χ0n) is 13.5. The van der Waals surface area contributed by atoms with Gasteiger partial charge in [0.1, 0.15) is 0 Å². The van der Waals surface area contributed by atoms with E-state index in [0.29, 0.717) is 6.54 Å². The molecular weight excluding hydrogens is 222 g/mol. The molecule has 1 rings (SSSR count). The van der Waals surface area contributed by atoms with E-state index in [0.717, 1.165) is 11.1 Å². The van der Waals surface area contributed by atoms with Crippen molar-refractivity contribution < 1.29 is 4.79 Å². The van der Waals surface area contributed by atoms with Gasteiger partial charge in [-0.3, -0.25) is 4.79 Å². The fraction of sp³-hybridized carbons (Fsp3) is 0.562. The summed E-state index contributed by atoms with van der Waals surface area (Å²) in [6.07, 6.45) is 5.45. The second-order valence-electron chi connectivity index (χ2n) is 2.79. The van der Waals surface area contributed by atoms with Crippen molar-refractivity contribution in [2.75, 3.05) is 13.6 Å². The minimum atomic E-state index is 0.102. The predicted molar refractivity (Wildman–Crippen MR) is 83.7 cm³/mol. The van der Waals surface area contributed by atoms with Crippen LogP contribution in [-0.4, -0.2) is 24.4 Å². The number of hydrogen-bond acceptors (Lipinski definition) is 1. The Hall–Kier alpha value is -1.31. The van der Waals surface area contributed by atoms with Crippen molar-refractivity contribution in [1.29, 1.82) is 0 Å². The average molecular weight is 253 g/mol. The normalized spacial score (nSPS) is 17.1. The molecule has 18 heavy (non-hydrogen) atoms. The zero-order valence-corrected chi connectivity index (χ0v) is 13.5. The van der Waals surface area contributed by atoms with Crippen LogP contribution in [0.3, 0.4) is 0 Å². The standard InChI is InChI=1S/C10H13NO.3C2H6/c1-4-6-8-7-11(3)10(12)9(8)5-2;3*1-2/h4-6H,1,7H2,2-3H3;3*1-2H3/b8-6-,9-5+;;;. The van der Waals surface area contributed by atoms with Gasteiger partial charge in [0.25, 0.3) is 5.91 Å². The van der Waals surface area contributed by atoms with E-state index in [1.165, 1.54) is 0 Å². The third-order valence-corrected chi connectivity index (χ3v) is 1.94. The Bertz CT molecular complexity index is 275. The number of likely N-dealkylation sites (tertiary alicyclic amines) is 1. The van der Waals surface area contributed by atoms with E-state index in [4.69, 9.17) is 0 Å². The van der Waals surface area contributed by atoms with E-state index >= 15 is 0 Å². The fourth-order valence-corrected chi connectivity index (χ4v) is 1.35. The first-order chi connectivity index (χ1) is 8.70. The number of nitrogens with zero attached hydrogens (tertiary/aromatic N) is 1. The van der Waals surface area contributed by atoms with Crippen molar-refractivity contribution in [2.24, 2.45) is 0 Å². The molecule has 0 aromatic carbocycles. The first kappa shape index (κ1) is 21.9. The Morgan fingerprint density at radius 1 is 1.11 bits per heavy atom. The molecule has 0 atom stereocenters. The molecule has 0 radical (unpaired) electrons. The lowest BCUT2D eigenvalue weighted by Gasteiger charge is -2.03. The highest BCUT2D eigenvalue weighted by atomic mass is 16.2. The Morgan fingerprint density at radius 2 is 1.56 bits per heavy atom. The molecule has 0 bridgehead atoms. The lowest BCUT2D eigenvalue weighted by atomic mass is 10.1. The first-order valence-corrected chi connectivity index (χ1v) is 6.94. The second kappa shape index (κ2) is 15.7. The van der Waals surface area contributed by atoms with E-state index in [-0.39, 0.29) is 5.91 Å². The van der Waals surface area contributed by atoms with Crippen molar-refractivity contribution >= 4 is 5.91 Å². The van der Waals surface area contributed by atoms with Crippen molar-refractivity contribution in [3.05, 3.63) is 36.0 Å². The number of carbonyl (C=O) groups is 1. The Kier molecular flexibility index (Phi) is 19.1. The summed E-state index contributed by atoms with van der Waals surface area (Å²) < 4.78 is 0. The van der Waals surface area contributed by atoms with Crippen LogP contribution < -0.4 is 0 Å². The van der Waals surface area contributed by atoms with Gasteiger partial charge in [-0.1, -0.05) is 66.3 Å². The summed E-state index contributed by atoms with van der Waals surface area (Å²) >= 11 is 0. The summed E-state index contributed by atoms with van der Waals surface area (Å²) in [6, 6.07) is 0. The van der Waals surface area contributed by atoms with Gasteiger partial charge in [-0.15, -0.1) is 0 Å². The topological polar surface area (TPSA) is 20.3 Å². The van der Waals surface area contributed by atoms with Crippen LogP contribution in [0.1, 0.15) is 48.5 Å². The summed E-state index contributed by atoms with van der Waals surface area (Å²) in [5.74, 6) is 0.102. The van der Waals surface area contributed by atoms with Crippen LogP contribution in [-0.2, 0) is 4.79 Å². The van der Waals surface area contributed by atoms with Gasteiger partial charge in [0, 0.05) is 19.2 Å². The SMILES string of the molecule is C=C/C=C1/CN(C)C(=O)/C1=C/C.CC.CC.CC. The highest BCUT2D eigenvalue weighted by Crippen LogP contribution is 2.21. The largest absolute Gasteiger partial charge is 0.337 e. The predicted octanol–water partition coefficient (Wildman–Crippen LogP) is 4.60. The van der Waals surface area contributed by atoms with Gasteiger partial charge in [-0.2, -0.15) is 0 Å². The fourth-order valence-electron chi connectivity index (χ4n) is 1.35. The molecule has 0 saturated carbocycles. The molecule has 106 valence electrons. The smallest absolute Gasteiger partial charge is 0.253 e. The van der Waals surface area contributed by atoms with Crippen LogP contribution in [0.25, 0.3) is 0 Å². The molecule has 0 unspecified atom stereocenters. The van der Waals surface area contributed by atoms with Crippen molar-refractivity contribution in [3.8, 4) is 0 Å². The third-order valence-electron chi connectivity index (χ3n) is 1.94. The number of likely N-dealkylation sites (N-methyl/N-ethyl adjacent to an activating group) is 1. The summed E-state index contributed by atoms with van der Waals surface area (Å²) in [6.45, 7) is 18.2. The molecule has 0 N–H and O–H groups in total. The van der Waals surface area contributed by atoms with Crippen LogP contribution in [0, 0.1) is 0 Å². The molecule has 0 aliphatic carbocycles. The number of amides is 1. The first-order valence-electron chi connectivity index (χ1n) is 6.94. The maximum Gasteiger partial charge on any atom is 0.253 e. The van der Waals surface area contributed by atoms with Gasteiger partial charge >= 0.3 is 0 Å². The van der Waals surface area contributed by atoms with Crippen LogP contribution in [0.15, 0.2) is 36.0 Å². The van der Waals surface area contributed by atoms with Crippen LogP contribution >= 0.6 is 0 Å². The van der Waals surface area contributed by atoms with Crippen molar-refractivity contribution in [1.82, 2.24) is 4.90 Å². The number of allylic oxidation sites excluding steroid dienone is 3. The van der Waals surface area contributed by atoms with Crippen LogP contribution in [0.5, 0.6) is 0 Å². The molecular formula is C16H31NO. The minimum absolute atomic E-state index is 0.102. The molecule has 1 fully saturated rings. The van der Waals surface area contributed by atoms with Gasteiger partial charge in [-0.05, 0) is 12.5 Å². The number of rotatable bonds is 1. The Labute approximate surface area is 114 Å². The highest BCUT2D eigenvalue weighted by Gasteiger charge is 2.25. The second-order valence-corrected chi connectivity index (χ2v) is 2.79. The van der Waals surface area contributed by atoms with Gasteiger partial charge in [0.15, 0.2) is 0 Å².